The van der Waals surface area contributed by atoms with Crippen molar-refractivity contribution in [1.29, 1.82) is 0 Å². The number of carboxylic acids is 1. The molecule has 23 heavy (non-hydrogen) atoms. The quantitative estimate of drug-likeness (QED) is 0.781. The van der Waals surface area contributed by atoms with Crippen LogP contribution in [0.5, 0.6) is 0 Å². The number of hydrogen-bond acceptors (Lipinski definition) is 2. The van der Waals surface area contributed by atoms with E-state index in [0.717, 1.165) is 24.0 Å². The van der Waals surface area contributed by atoms with Gasteiger partial charge >= 0.3 is 5.97 Å². The Morgan fingerprint density at radius 3 is 2.70 bits per heavy atom. The Balaban J connectivity index is 1.94. The molecule has 2 heterocycles. The van der Waals surface area contributed by atoms with Gasteiger partial charge in [0, 0.05) is 11.8 Å². The summed E-state index contributed by atoms with van der Waals surface area (Å²) in [7, 11) is 0. The molecule has 0 saturated carbocycles. The molecule has 4 heteroatoms. The third-order valence-corrected chi connectivity index (χ3v) is 4.59. The minimum Gasteiger partial charge on any atom is -0.476 e. The Morgan fingerprint density at radius 1 is 1.13 bits per heavy atom. The van der Waals surface area contributed by atoms with Gasteiger partial charge in [-0.25, -0.2) is 9.78 Å². The van der Waals surface area contributed by atoms with Gasteiger partial charge in [0.05, 0.1) is 0 Å². The molecule has 1 aliphatic carbocycles. The number of rotatable bonds is 2. The molecule has 0 aliphatic heterocycles. The fraction of sp³-hybridized carbons (Fsp3) is 0.263. The lowest BCUT2D eigenvalue weighted by atomic mass is 9.90. The van der Waals surface area contributed by atoms with E-state index in [2.05, 4.69) is 17.1 Å². The van der Waals surface area contributed by atoms with Crippen molar-refractivity contribution in [2.45, 2.75) is 32.6 Å². The summed E-state index contributed by atoms with van der Waals surface area (Å²) in [5.74, 6) is -0.948. The summed E-state index contributed by atoms with van der Waals surface area (Å²) in [6.45, 7) is 1.95. The van der Waals surface area contributed by atoms with Crippen LogP contribution in [0, 0.1) is 6.92 Å². The average Bonchev–Trinajstić information content (AvgIpc) is 2.93. The Labute approximate surface area is 134 Å². The summed E-state index contributed by atoms with van der Waals surface area (Å²) >= 11 is 0. The maximum Gasteiger partial charge on any atom is 0.355 e. The lowest BCUT2D eigenvalue weighted by Crippen LogP contribution is -2.05. The van der Waals surface area contributed by atoms with E-state index in [9.17, 15) is 9.90 Å². The molecule has 0 bridgehead atoms. The summed E-state index contributed by atoms with van der Waals surface area (Å²) in [6, 6.07) is 10.1. The maximum absolute atomic E-state index is 11.8. The third kappa shape index (κ3) is 2.31. The van der Waals surface area contributed by atoms with Crippen LogP contribution in [0.1, 0.15) is 40.0 Å². The molecular weight excluding hydrogens is 288 g/mol. The van der Waals surface area contributed by atoms with E-state index < -0.39 is 5.97 Å². The smallest absolute Gasteiger partial charge is 0.355 e. The Morgan fingerprint density at radius 2 is 1.91 bits per heavy atom. The number of nitrogens with zero attached hydrogens (tertiary/aromatic N) is 2. The zero-order chi connectivity index (χ0) is 16.0. The van der Waals surface area contributed by atoms with E-state index >= 15 is 0 Å². The van der Waals surface area contributed by atoms with E-state index in [1.54, 1.807) is 4.40 Å². The van der Waals surface area contributed by atoms with Crippen LogP contribution in [0.15, 0.2) is 36.5 Å². The van der Waals surface area contributed by atoms with Gasteiger partial charge in [0.2, 0.25) is 0 Å². The van der Waals surface area contributed by atoms with E-state index in [-0.39, 0.29) is 5.69 Å². The van der Waals surface area contributed by atoms with Gasteiger partial charge < -0.3 is 5.11 Å². The van der Waals surface area contributed by atoms with Crippen LogP contribution in [0.3, 0.4) is 0 Å². The van der Waals surface area contributed by atoms with Crippen LogP contribution >= 0.6 is 0 Å². The van der Waals surface area contributed by atoms with Gasteiger partial charge in [-0.15, -0.1) is 0 Å². The summed E-state index contributed by atoms with van der Waals surface area (Å²) in [5, 5.41) is 9.68. The van der Waals surface area contributed by atoms with Crippen LogP contribution in [-0.4, -0.2) is 20.5 Å². The van der Waals surface area contributed by atoms with Gasteiger partial charge in [-0.2, -0.15) is 0 Å². The maximum atomic E-state index is 11.8. The first-order chi connectivity index (χ1) is 11.1. The summed E-state index contributed by atoms with van der Waals surface area (Å²) in [4.78, 5) is 16.4. The predicted molar refractivity (Wildman–Crippen MR) is 89.0 cm³/mol. The van der Waals surface area contributed by atoms with Crippen LogP contribution in [0.2, 0.25) is 0 Å². The molecule has 1 N–H and O–H groups in total. The number of benzene rings is 1. The largest absolute Gasteiger partial charge is 0.476 e. The van der Waals surface area contributed by atoms with Gasteiger partial charge in [-0.3, -0.25) is 4.40 Å². The van der Waals surface area contributed by atoms with Crippen molar-refractivity contribution in [3.05, 3.63) is 58.9 Å². The molecule has 0 amide bonds. The first-order valence-corrected chi connectivity index (χ1v) is 7.97. The van der Waals surface area contributed by atoms with Crippen molar-refractivity contribution in [3.63, 3.8) is 0 Å². The van der Waals surface area contributed by atoms with Crippen LogP contribution in [0.25, 0.3) is 16.9 Å². The van der Waals surface area contributed by atoms with Gasteiger partial charge in [0.1, 0.15) is 11.3 Å². The highest BCUT2D eigenvalue weighted by molar-refractivity contribution is 5.94. The van der Waals surface area contributed by atoms with Crippen LogP contribution in [-0.2, 0) is 12.8 Å². The van der Waals surface area contributed by atoms with Gasteiger partial charge in [-0.1, -0.05) is 18.2 Å². The molecule has 0 saturated heterocycles. The average molecular weight is 306 g/mol. The summed E-state index contributed by atoms with van der Waals surface area (Å²) in [5.41, 5.74) is 6.07. The summed E-state index contributed by atoms with van der Waals surface area (Å²) in [6.07, 6.45) is 6.45. The zero-order valence-corrected chi connectivity index (χ0v) is 13.0. The fourth-order valence-corrected chi connectivity index (χ4v) is 3.44. The van der Waals surface area contributed by atoms with Gasteiger partial charge in [0.25, 0.3) is 0 Å². The Bertz CT molecular complexity index is 925. The van der Waals surface area contributed by atoms with E-state index in [4.69, 9.17) is 0 Å². The second kappa shape index (κ2) is 5.23. The molecular formula is C19H18N2O2. The predicted octanol–water partition coefficient (Wildman–Crippen LogP) is 3.89. The number of pyridine rings is 1. The van der Waals surface area contributed by atoms with Crippen molar-refractivity contribution < 1.29 is 9.90 Å². The molecule has 0 fully saturated rings. The highest BCUT2D eigenvalue weighted by Gasteiger charge is 2.21. The molecule has 4 nitrogen and oxygen atoms in total. The molecule has 1 aromatic carbocycles. The number of carbonyl (C=O) groups is 1. The molecule has 0 radical (unpaired) electrons. The Hall–Kier alpha value is -2.62. The molecule has 4 rings (SSSR count). The number of fused-ring (bicyclic) bond motifs is 2. The SMILES string of the molecule is Cc1ccc2nc(-c3ccc4c(c3)CCCC4)c(C(=O)O)n2c1. The van der Waals surface area contributed by atoms with Gasteiger partial charge in [-0.05, 0) is 61.4 Å². The number of aromatic nitrogens is 2. The highest BCUT2D eigenvalue weighted by atomic mass is 16.4. The minimum atomic E-state index is -0.948. The van der Waals surface area contributed by atoms with Crippen LogP contribution < -0.4 is 0 Å². The first kappa shape index (κ1) is 14.0. The first-order valence-electron chi connectivity index (χ1n) is 7.97. The highest BCUT2D eigenvalue weighted by Crippen LogP contribution is 2.30. The third-order valence-electron chi connectivity index (χ3n) is 4.59. The topological polar surface area (TPSA) is 54.6 Å². The zero-order valence-electron chi connectivity index (χ0n) is 13.0. The van der Waals surface area contributed by atoms with Crippen molar-refractivity contribution >= 4 is 11.6 Å². The summed E-state index contributed by atoms with van der Waals surface area (Å²) < 4.78 is 1.67. The normalized spacial score (nSPS) is 14.0. The van der Waals surface area contributed by atoms with E-state index in [1.807, 2.05) is 31.3 Å². The standard InChI is InChI=1S/C19H18N2O2/c1-12-6-9-16-20-17(18(19(22)23)21(16)11-12)15-8-7-13-4-2-3-5-14(13)10-15/h6-11H,2-5H2,1H3,(H,22,23). The van der Waals surface area contributed by atoms with Crippen molar-refractivity contribution in [1.82, 2.24) is 9.38 Å². The second-order valence-corrected chi connectivity index (χ2v) is 6.24. The number of hydrogen-bond donors (Lipinski definition) is 1. The van der Waals surface area contributed by atoms with Crippen molar-refractivity contribution in [3.8, 4) is 11.3 Å². The van der Waals surface area contributed by atoms with Crippen molar-refractivity contribution in [2.75, 3.05) is 0 Å². The molecule has 1 aliphatic rings. The van der Waals surface area contributed by atoms with Crippen LogP contribution in [0.4, 0.5) is 0 Å². The fourth-order valence-electron chi connectivity index (χ4n) is 3.44. The number of aryl methyl sites for hydroxylation is 3. The van der Waals surface area contributed by atoms with E-state index in [1.165, 1.54) is 24.0 Å². The number of aromatic carboxylic acids is 1. The molecule has 116 valence electrons. The second-order valence-electron chi connectivity index (χ2n) is 6.24. The number of carboxylic acid groups (broad SMARTS) is 1. The Kier molecular flexibility index (Phi) is 3.18. The van der Waals surface area contributed by atoms with Gasteiger partial charge in [0.15, 0.2) is 5.69 Å². The van der Waals surface area contributed by atoms with Crippen molar-refractivity contribution in [2.24, 2.45) is 0 Å². The lowest BCUT2D eigenvalue weighted by Gasteiger charge is -2.16. The molecule has 2 aromatic heterocycles. The number of imidazole rings is 1. The molecule has 3 aromatic rings. The van der Waals surface area contributed by atoms with E-state index in [0.29, 0.717) is 11.3 Å². The minimum absolute atomic E-state index is 0.236. The molecule has 0 atom stereocenters. The molecule has 0 spiro atoms. The molecule has 0 unspecified atom stereocenters. The lowest BCUT2D eigenvalue weighted by molar-refractivity contribution is 0.0690. The monoisotopic (exact) mass is 306 g/mol.